The summed E-state index contributed by atoms with van der Waals surface area (Å²) in [6.45, 7) is 6.68. The molecule has 2 N–H and O–H groups in total. The summed E-state index contributed by atoms with van der Waals surface area (Å²) in [6, 6.07) is 1.02. The number of rotatable bonds is 7. The Kier molecular flexibility index (Phi) is 7.04. The third kappa shape index (κ3) is 5.00. The van der Waals surface area contributed by atoms with Crippen LogP contribution in [-0.4, -0.2) is 47.4 Å². The number of nitrogens with zero attached hydrogens (tertiary/aromatic N) is 6. The van der Waals surface area contributed by atoms with Crippen LogP contribution < -0.4 is 10.6 Å². The molecule has 0 bridgehead atoms. The fraction of sp³-hybridized carbons (Fsp3) is 0.500. The molecule has 3 aromatic rings. The highest BCUT2D eigenvalue weighted by Crippen LogP contribution is 2.31. The third-order valence-electron chi connectivity index (χ3n) is 6.60. The SMILES string of the molecule is CCn1nccc1C(=O)N[C@H](C(=O)Nc1cnc(-c2c(C)cnn2C)nc1)C1CCC(C)CC1. The van der Waals surface area contributed by atoms with Gasteiger partial charge in [-0.3, -0.25) is 19.0 Å². The lowest BCUT2D eigenvalue weighted by molar-refractivity contribution is -0.119. The molecule has 1 saturated carbocycles. The van der Waals surface area contributed by atoms with Gasteiger partial charge in [0, 0.05) is 19.8 Å². The second-order valence-electron chi connectivity index (χ2n) is 9.09. The van der Waals surface area contributed by atoms with Crippen molar-refractivity contribution in [3.8, 4) is 11.5 Å². The molecule has 0 saturated heterocycles. The lowest BCUT2D eigenvalue weighted by Gasteiger charge is -2.32. The van der Waals surface area contributed by atoms with E-state index in [1.807, 2.05) is 20.9 Å². The molecular weight excluding hydrogens is 432 g/mol. The van der Waals surface area contributed by atoms with Crippen LogP contribution in [0.3, 0.4) is 0 Å². The maximum absolute atomic E-state index is 13.4. The van der Waals surface area contributed by atoms with Crippen LogP contribution in [0, 0.1) is 18.8 Å². The zero-order valence-electron chi connectivity index (χ0n) is 20.2. The topological polar surface area (TPSA) is 120 Å². The molecule has 2 amide bonds. The first kappa shape index (κ1) is 23.6. The Hall–Kier alpha value is -3.56. The Morgan fingerprint density at radius 3 is 2.44 bits per heavy atom. The maximum atomic E-state index is 13.4. The van der Waals surface area contributed by atoms with Crippen molar-refractivity contribution < 1.29 is 9.59 Å². The molecule has 10 heteroatoms. The monoisotopic (exact) mass is 464 g/mol. The van der Waals surface area contributed by atoms with Crippen molar-refractivity contribution in [2.75, 3.05) is 5.32 Å². The van der Waals surface area contributed by atoms with Gasteiger partial charge >= 0.3 is 0 Å². The summed E-state index contributed by atoms with van der Waals surface area (Å²) < 4.78 is 3.35. The maximum Gasteiger partial charge on any atom is 0.270 e. The van der Waals surface area contributed by atoms with Crippen molar-refractivity contribution in [1.29, 1.82) is 0 Å². The summed E-state index contributed by atoms with van der Waals surface area (Å²) in [5.41, 5.74) is 2.73. The Bertz CT molecular complexity index is 1120. The lowest BCUT2D eigenvalue weighted by Crippen LogP contribution is -2.49. The van der Waals surface area contributed by atoms with E-state index in [1.165, 1.54) is 0 Å². The number of aryl methyl sites for hydroxylation is 3. The van der Waals surface area contributed by atoms with Gasteiger partial charge in [0.1, 0.15) is 17.4 Å². The van der Waals surface area contributed by atoms with Gasteiger partial charge in [0.25, 0.3) is 5.91 Å². The molecule has 34 heavy (non-hydrogen) atoms. The van der Waals surface area contributed by atoms with E-state index >= 15 is 0 Å². The molecule has 3 aromatic heterocycles. The van der Waals surface area contributed by atoms with Crippen molar-refractivity contribution >= 4 is 17.5 Å². The minimum atomic E-state index is -0.654. The van der Waals surface area contributed by atoms with Crippen LogP contribution >= 0.6 is 0 Å². The molecule has 1 aliphatic rings. The van der Waals surface area contributed by atoms with Crippen LogP contribution in [0.1, 0.15) is 55.6 Å². The van der Waals surface area contributed by atoms with E-state index in [9.17, 15) is 9.59 Å². The number of hydrogen-bond acceptors (Lipinski definition) is 6. The van der Waals surface area contributed by atoms with Gasteiger partial charge in [0.2, 0.25) is 5.91 Å². The first-order chi connectivity index (χ1) is 16.4. The highest BCUT2D eigenvalue weighted by atomic mass is 16.2. The standard InChI is InChI=1S/C24H32N8O2/c1-5-32-19(10-11-27-32)23(33)30-20(17-8-6-15(2)7-9-17)24(34)29-18-13-25-22(26-14-18)21-16(3)12-28-31(21)4/h10-15,17,20H,5-9H2,1-4H3,(H,29,34)(H,30,33)/t15?,17?,20-/m0/s1. The number of anilines is 1. The number of carbonyl (C=O) groups excluding carboxylic acids is 2. The molecule has 10 nitrogen and oxygen atoms in total. The third-order valence-corrected chi connectivity index (χ3v) is 6.60. The normalized spacial score (nSPS) is 18.9. The van der Waals surface area contributed by atoms with E-state index in [0.29, 0.717) is 29.7 Å². The molecule has 0 radical (unpaired) electrons. The number of aromatic nitrogens is 6. The molecule has 0 spiro atoms. The van der Waals surface area contributed by atoms with Gasteiger partial charge in [-0.15, -0.1) is 0 Å². The van der Waals surface area contributed by atoms with E-state index in [2.05, 4.69) is 37.7 Å². The lowest BCUT2D eigenvalue weighted by atomic mass is 9.79. The molecule has 4 rings (SSSR count). The number of nitrogens with one attached hydrogen (secondary N) is 2. The first-order valence-electron chi connectivity index (χ1n) is 11.8. The number of amides is 2. The summed E-state index contributed by atoms with van der Waals surface area (Å²) in [5, 5.41) is 14.3. The summed E-state index contributed by atoms with van der Waals surface area (Å²) in [7, 11) is 1.84. The largest absolute Gasteiger partial charge is 0.339 e. The second kappa shape index (κ2) is 10.1. The van der Waals surface area contributed by atoms with E-state index in [4.69, 9.17) is 0 Å². The van der Waals surface area contributed by atoms with Crippen LogP contribution in [0.4, 0.5) is 5.69 Å². The summed E-state index contributed by atoms with van der Waals surface area (Å²) >= 11 is 0. The predicted octanol–water partition coefficient (Wildman–Crippen LogP) is 2.97. The highest BCUT2D eigenvalue weighted by molar-refractivity contribution is 6.00. The predicted molar refractivity (Wildman–Crippen MR) is 128 cm³/mol. The van der Waals surface area contributed by atoms with Gasteiger partial charge in [0.15, 0.2) is 5.82 Å². The van der Waals surface area contributed by atoms with Gasteiger partial charge in [-0.25, -0.2) is 9.97 Å². The Balaban J connectivity index is 1.51. The molecular formula is C24H32N8O2. The van der Waals surface area contributed by atoms with E-state index < -0.39 is 6.04 Å². The van der Waals surface area contributed by atoms with Crippen LogP contribution in [-0.2, 0) is 18.4 Å². The van der Waals surface area contributed by atoms with Crippen LogP contribution in [0.2, 0.25) is 0 Å². The molecule has 180 valence electrons. The van der Waals surface area contributed by atoms with Gasteiger partial charge in [0.05, 0.1) is 24.3 Å². The van der Waals surface area contributed by atoms with E-state index in [-0.39, 0.29) is 17.7 Å². The highest BCUT2D eigenvalue weighted by Gasteiger charge is 2.33. The van der Waals surface area contributed by atoms with Crippen molar-refractivity contribution in [3.05, 3.63) is 42.1 Å². The zero-order valence-corrected chi connectivity index (χ0v) is 20.2. The smallest absolute Gasteiger partial charge is 0.270 e. The number of carbonyl (C=O) groups is 2. The molecule has 3 heterocycles. The van der Waals surface area contributed by atoms with Gasteiger partial charge < -0.3 is 10.6 Å². The fourth-order valence-corrected chi connectivity index (χ4v) is 4.61. The van der Waals surface area contributed by atoms with Crippen molar-refractivity contribution in [3.63, 3.8) is 0 Å². The van der Waals surface area contributed by atoms with E-state index in [1.54, 1.807) is 40.2 Å². The van der Waals surface area contributed by atoms with Gasteiger partial charge in [-0.2, -0.15) is 10.2 Å². The van der Waals surface area contributed by atoms with Crippen molar-refractivity contribution in [2.24, 2.45) is 18.9 Å². The average molecular weight is 465 g/mol. The van der Waals surface area contributed by atoms with Crippen molar-refractivity contribution in [1.82, 2.24) is 34.8 Å². The van der Waals surface area contributed by atoms with E-state index in [0.717, 1.165) is 36.9 Å². The Morgan fingerprint density at radius 1 is 1.12 bits per heavy atom. The summed E-state index contributed by atoms with van der Waals surface area (Å²) in [5.74, 6) is 0.679. The van der Waals surface area contributed by atoms with Gasteiger partial charge in [-0.05, 0) is 50.2 Å². The first-order valence-corrected chi connectivity index (χ1v) is 11.8. The molecule has 0 aromatic carbocycles. The van der Waals surface area contributed by atoms with Gasteiger partial charge in [-0.1, -0.05) is 19.8 Å². The molecule has 1 atom stereocenters. The molecule has 1 aliphatic carbocycles. The molecule has 0 aliphatic heterocycles. The summed E-state index contributed by atoms with van der Waals surface area (Å²) in [6.07, 6.45) is 10.4. The Morgan fingerprint density at radius 2 is 1.82 bits per heavy atom. The minimum absolute atomic E-state index is 0.0652. The minimum Gasteiger partial charge on any atom is -0.339 e. The average Bonchev–Trinajstić information content (AvgIpc) is 3.45. The molecule has 1 fully saturated rings. The quantitative estimate of drug-likeness (QED) is 0.555. The Labute approximate surface area is 199 Å². The summed E-state index contributed by atoms with van der Waals surface area (Å²) in [4.78, 5) is 35.2. The fourth-order valence-electron chi connectivity index (χ4n) is 4.61. The van der Waals surface area contributed by atoms with Crippen molar-refractivity contribution in [2.45, 2.75) is 59.0 Å². The number of hydrogen-bond donors (Lipinski definition) is 2. The second-order valence-corrected chi connectivity index (χ2v) is 9.09. The van der Waals surface area contributed by atoms with Crippen LogP contribution in [0.15, 0.2) is 30.9 Å². The van der Waals surface area contributed by atoms with Crippen LogP contribution in [0.5, 0.6) is 0 Å². The zero-order chi connectivity index (χ0) is 24.2. The van der Waals surface area contributed by atoms with Crippen LogP contribution in [0.25, 0.3) is 11.5 Å². The molecule has 0 unspecified atom stereocenters.